The molecule has 2 rings (SSSR count). The average molecular weight is 261 g/mol. The lowest BCUT2D eigenvalue weighted by molar-refractivity contribution is 1.32. The van der Waals surface area contributed by atoms with Gasteiger partial charge in [-0.25, -0.2) is 0 Å². The Labute approximate surface area is 118 Å². The molecule has 0 unspecified atom stereocenters. The summed E-state index contributed by atoms with van der Waals surface area (Å²) in [5.41, 5.74) is 11.9. The third-order valence-electron chi connectivity index (χ3n) is 3.54. The van der Waals surface area contributed by atoms with Gasteiger partial charge in [0, 0.05) is 16.8 Å². The molecule has 98 valence electrons. The first kappa shape index (κ1) is 13.6. The van der Waals surface area contributed by atoms with E-state index in [0.29, 0.717) is 22.4 Å². The van der Waals surface area contributed by atoms with E-state index in [9.17, 15) is 10.5 Å². The summed E-state index contributed by atoms with van der Waals surface area (Å²) in [6, 6.07) is 11.9. The fourth-order valence-electron chi connectivity index (χ4n) is 2.41. The van der Waals surface area contributed by atoms with E-state index in [1.165, 1.54) is 0 Å². The van der Waals surface area contributed by atoms with Crippen molar-refractivity contribution in [3.63, 3.8) is 0 Å². The van der Waals surface area contributed by atoms with Gasteiger partial charge in [0.05, 0.1) is 11.1 Å². The lowest BCUT2D eigenvalue weighted by Crippen LogP contribution is -2.01. The predicted molar refractivity (Wildman–Crippen MR) is 79.9 cm³/mol. The van der Waals surface area contributed by atoms with Crippen molar-refractivity contribution in [3.05, 3.63) is 52.1 Å². The molecule has 0 bridgehead atoms. The highest BCUT2D eigenvalue weighted by molar-refractivity contribution is 5.88. The van der Waals surface area contributed by atoms with Crippen molar-refractivity contribution in [3.8, 4) is 23.3 Å². The first-order chi connectivity index (χ1) is 9.51. The molecular weight excluding hydrogens is 246 g/mol. The van der Waals surface area contributed by atoms with Gasteiger partial charge in [0.15, 0.2) is 0 Å². The highest BCUT2D eigenvalue weighted by Gasteiger charge is 2.18. The minimum absolute atomic E-state index is 0.525. The standard InChI is InChI=1S/C17H15N3/c1-10-4-5-12(3)16(13(10)8-18)17-14(9-19)11(2)6-7-15(17)20/h4-7H,20H2,1-3H3. The zero-order valence-corrected chi connectivity index (χ0v) is 11.8. The zero-order valence-electron chi connectivity index (χ0n) is 11.8. The first-order valence-electron chi connectivity index (χ1n) is 6.31. The molecule has 0 saturated heterocycles. The number of aryl methyl sites for hydroxylation is 3. The third kappa shape index (κ3) is 2.00. The van der Waals surface area contributed by atoms with Gasteiger partial charge in [-0.2, -0.15) is 10.5 Å². The van der Waals surface area contributed by atoms with Crippen LogP contribution in [0, 0.1) is 43.4 Å². The van der Waals surface area contributed by atoms with Crippen molar-refractivity contribution in [2.24, 2.45) is 0 Å². The van der Waals surface area contributed by atoms with Crippen LogP contribution in [0.3, 0.4) is 0 Å². The van der Waals surface area contributed by atoms with Crippen LogP contribution in [-0.4, -0.2) is 0 Å². The molecule has 0 aliphatic carbocycles. The summed E-state index contributed by atoms with van der Waals surface area (Å²) in [6.45, 7) is 5.69. The molecule has 3 nitrogen and oxygen atoms in total. The number of benzene rings is 2. The van der Waals surface area contributed by atoms with Gasteiger partial charge in [0.1, 0.15) is 12.1 Å². The maximum atomic E-state index is 9.44. The van der Waals surface area contributed by atoms with Gasteiger partial charge in [0.2, 0.25) is 0 Å². The van der Waals surface area contributed by atoms with Gasteiger partial charge in [-0.05, 0) is 43.5 Å². The van der Waals surface area contributed by atoms with E-state index in [4.69, 9.17) is 5.73 Å². The van der Waals surface area contributed by atoms with E-state index < -0.39 is 0 Å². The van der Waals surface area contributed by atoms with Crippen molar-refractivity contribution in [1.29, 1.82) is 10.5 Å². The number of nitrogens with zero attached hydrogens (tertiary/aromatic N) is 2. The maximum absolute atomic E-state index is 9.44. The van der Waals surface area contributed by atoms with Gasteiger partial charge in [-0.3, -0.25) is 0 Å². The van der Waals surface area contributed by atoms with Crippen molar-refractivity contribution in [1.82, 2.24) is 0 Å². The Hall–Kier alpha value is -2.78. The zero-order chi connectivity index (χ0) is 14.9. The van der Waals surface area contributed by atoms with Crippen molar-refractivity contribution in [2.45, 2.75) is 20.8 Å². The molecule has 0 aromatic heterocycles. The summed E-state index contributed by atoms with van der Waals surface area (Å²) < 4.78 is 0. The summed E-state index contributed by atoms with van der Waals surface area (Å²) in [4.78, 5) is 0. The molecule has 0 radical (unpaired) electrons. The Kier molecular flexibility index (Phi) is 3.46. The van der Waals surface area contributed by atoms with Crippen LogP contribution in [0.15, 0.2) is 24.3 Å². The topological polar surface area (TPSA) is 73.6 Å². The lowest BCUT2D eigenvalue weighted by Gasteiger charge is -2.15. The Bertz CT molecular complexity index is 707. The summed E-state index contributed by atoms with van der Waals surface area (Å²) in [5, 5.41) is 18.9. The smallest absolute Gasteiger partial charge is 0.100 e. The quantitative estimate of drug-likeness (QED) is 0.797. The fraction of sp³-hybridized carbons (Fsp3) is 0.176. The normalized spacial score (nSPS) is 9.85. The second-order valence-corrected chi connectivity index (χ2v) is 4.89. The molecule has 0 aliphatic heterocycles. The molecule has 3 heteroatoms. The van der Waals surface area contributed by atoms with Crippen LogP contribution in [0.4, 0.5) is 5.69 Å². The SMILES string of the molecule is Cc1ccc(C)c(-c2c(N)ccc(C)c2C#N)c1C#N. The molecule has 2 N–H and O–H groups in total. The summed E-state index contributed by atoms with van der Waals surface area (Å²) in [6.07, 6.45) is 0. The minimum Gasteiger partial charge on any atom is -0.398 e. The lowest BCUT2D eigenvalue weighted by atomic mass is 9.87. The van der Waals surface area contributed by atoms with E-state index in [-0.39, 0.29) is 0 Å². The summed E-state index contributed by atoms with van der Waals surface area (Å²) in [5.74, 6) is 0. The first-order valence-corrected chi connectivity index (χ1v) is 6.31. The number of hydrogen-bond acceptors (Lipinski definition) is 3. The average Bonchev–Trinajstić information content (AvgIpc) is 2.43. The van der Waals surface area contributed by atoms with Crippen molar-refractivity contribution in [2.75, 3.05) is 5.73 Å². The molecule has 0 fully saturated rings. The van der Waals surface area contributed by atoms with Gasteiger partial charge in [-0.15, -0.1) is 0 Å². The molecule has 2 aromatic carbocycles. The van der Waals surface area contributed by atoms with E-state index in [2.05, 4.69) is 12.1 Å². The van der Waals surface area contributed by atoms with Crippen LogP contribution < -0.4 is 5.73 Å². The second kappa shape index (κ2) is 5.07. The maximum Gasteiger partial charge on any atom is 0.100 e. The number of hydrogen-bond donors (Lipinski definition) is 1. The molecule has 0 atom stereocenters. The van der Waals surface area contributed by atoms with Crippen molar-refractivity contribution < 1.29 is 0 Å². The number of nitriles is 2. The highest BCUT2D eigenvalue weighted by atomic mass is 14.6. The molecule has 0 amide bonds. The second-order valence-electron chi connectivity index (χ2n) is 4.89. The Morgan fingerprint density at radius 1 is 0.750 bits per heavy atom. The predicted octanol–water partition coefficient (Wildman–Crippen LogP) is 3.60. The van der Waals surface area contributed by atoms with Gasteiger partial charge < -0.3 is 5.73 Å². The largest absolute Gasteiger partial charge is 0.398 e. The van der Waals surface area contributed by atoms with E-state index in [1.807, 2.05) is 39.0 Å². The number of nitrogen functional groups attached to an aromatic ring is 1. The molecule has 0 heterocycles. The summed E-state index contributed by atoms with van der Waals surface area (Å²) in [7, 11) is 0. The number of rotatable bonds is 1. The van der Waals surface area contributed by atoms with Crippen LogP contribution >= 0.6 is 0 Å². The van der Waals surface area contributed by atoms with Crippen LogP contribution in [-0.2, 0) is 0 Å². The van der Waals surface area contributed by atoms with Crippen LogP contribution in [0.2, 0.25) is 0 Å². The van der Waals surface area contributed by atoms with Crippen molar-refractivity contribution >= 4 is 5.69 Å². The highest BCUT2D eigenvalue weighted by Crippen LogP contribution is 2.37. The molecule has 20 heavy (non-hydrogen) atoms. The number of anilines is 1. The minimum atomic E-state index is 0.525. The Morgan fingerprint density at radius 3 is 1.75 bits per heavy atom. The van der Waals surface area contributed by atoms with E-state index >= 15 is 0 Å². The van der Waals surface area contributed by atoms with Gasteiger partial charge in [0.25, 0.3) is 0 Å². The molecular formula is C17H15N3. The fourth-order valence-corrected chi connectivity index (χ4v) is 2.41. The van der Waals surface area contributed by atoms with Crippen LogP contribution in [0.1, 0.15) is 27.8 Å². The molecule has 2 aromatic rings. The Morgan fingerprint density at radius 2 is 1.20 bits per heavy atom. The Balaban J connectivity index is 2.98. The summed E-state index contributed by atoms with van der Waals surface area (Å²) >= 11 is 0. The molecule has 0 aliphatic rings. The van der Waals surface area contributed by atoms with E-state index in [0.717, 1.165) is 22.3 Å². The van der Waals surface area contributed by atoms with Gasteiger partial charge >= 0.3 is 0 Å². The molecule has 0 spiro atoms. The third-order valence-corrected chi connectivity index (χ3v) is 3.54. The van der Waals surface area contributed by atoms with Gasteiger partial charge in [-0.1, -0.05) is 18.2 Å². The monoisotopic (exact) mass is 261 g/mol. The number of nitrogens with two attached hydrogens (primary N) is 1. The van der Waals surface area contributed by atoms with E-state index in [1.54, 1.807) is 6.07 Å². The van der Waals surface area contributed by atoms with Crippen LogP contribution in [0.25, 0.3) is 11.1 Å². The molecule has 0 saturated carbocycles. The van der Waals surface area contributed by atoms with Crippen LogP contribution in [0.5, 0.6) is 0 Å².